The maximum Gasteiger partial charge on any atom is 0.139 e. The van der Waals surface area contributed by atoms with E-state index in [2.05, 4.69) is 14.5 Å². The molecule has 0 saturated heterocycles. The first kappa shape index (κ1) is 9.15. The van der Waals surface area contributed by atoms with Crippen molar-refractivity contribution in [2.24, 2.45) is 0 Å². The van der Waals surface area contributed by atoms with Crippen molar-refractivity contribution in [1.29, 1.82) is 0 Å². The van der Waals surface area contributed by atoms with Crippen LogP contribution in [0.15, 0.2) is 36.8 Å². The highest BCUT2D eigenvalue weighted by molar-refractivity contribution is 5.49. The lowest BCUT2D eigenvalue weighted by atomic mass is 10.3. The van der Waals surface area contributed by atoms with Crippen LogP contribution < -0.4 is 0 Å². The fourth-order valence-electron chi connectivity index (χ4n) is 1.87. The van der Waals surface area contributed by atoms with E-state index in [1.165, 1.54) is 0 Å². The topological polar surface area (TPSA) is 35.1 Å². The molecule has 0 aliphatic heterocycles. The lowest BCUT2D eigenvalue weighted by Gasteiger charge is -2.05. The summed E-state index contributed by atoms with van der Waals surface area (Å²) in [5, 5.41) is 4.28. The molecule has 3 aromatic heterocycles. The Morgan fingerprint density at radius 3 is 2.75 bits per heavy atom. The summed E-state index contributed by atoms with van der Waals surface area (Å²) < 4.78 is 3.96. The Balaban J connectivity index is 2.23. The van der Waals surface area contributed by atoms with Gasteiger partial charge in [0.15, 0.2) is 0 Å². The number of nitrogens with zero attached hydrogens (tertiary/aromatic N) is 4. The van der Waals surface area contributed by atoms with Gasteiger partial charge in [0.05, 0.1) is 5.69 Å². The summed E-state index contributed by atoms with van der Waals surface area (Å²) in [6.45, 7) is 4.08. The van der Waals surface area contributed by atoms with Gasteiger partial charge in [0, 0.05) is 36.0 Å². The number of rotatable bonds is 1. The van der Waals surface area contributed by atoms with Gasteiger partial charge in [0.25, 0.3) is 0 Å². The van der Waals surface area contributed by atoms with Crippen molar-refractivity contribution in [3.63, 3.8) is 0 Å². The van der Waals surface area contributed by atoms with Crippen LogP contribution in [0.3, 0.4) is 0 Å². The zero-order chi connectivity index (χ0) is 11.1. The van der Waals surface area contributed by atoms with Gasteiger partial charge in [-0.15, -0.1) is 0 Å². The number of hydrogen-bond acceptors (Lipinski definition) is 2. The Labute approximate surface area is 93.2 Å². The molecule has 0 amide bonds. The third kappa shape index (κ3) is 1.23. The predicted molar refractivity (Wildman–Crippen MR) is 61.8 cm³/mol. The Bertz CT molecular complexity index is 648. The normalized spacial score (nSPS) is 11.1. The molecule has 0 unspecified atom stereocenters. The molecular formula is C12H12N4. The fourth-order valence-corrected chi connectivity index (χ4v) is 1.87. The molecule has 16 heavy (non-hydrogen) atoms. The van der Waals surface area contributed by atoms with Gasteiger partial charge >= 0.3 is 0 Å². The van der Waals surface area contributed by atoms with Crippen LogP contribution in [0.1, 0.15) is 11.4 Å². The van der Waals surface area contributed by atoms with Crippen LogP contribution in [0.5, 0.6) is 0 Å². The summed E-state index contributed by atoms with van der Waals surface area (Å²) in [7, 11) is 0. The van der Waals surface area contributed by atoms with Crippen LogP contribution in [-0.2, 0) is 0 Å². The minimum absolute atomic E-state index is 0.949. The zero-order valence-corrected chi connectivity index (χ0v) is 9.25. The molecule has 0 N–H and O–H groups in total. The van der Waals surface area contributed by atoms with Gasteiger partial charge < -0.3 is 4.40 Å². The fraction of sp³-hybridized carbons (Fsp3) is 0.167. The Kier molecular flexibility index (Phi) is 1.83. The minimum atomic E-state index is 0.949. The van der Waals surface area contributed by atoms with Crippen molar-refractivity contribution in [2.75, 3.05) is 0 Å². The molecule has 3 aromatic rings. The maximum absolute atomic E-state index is 4.34. The van der Waals surface area contributed by atoms with Gasteiger partial charge in [-0.05, 0) is 26.0 Å². The summed E-state index contributed by atoms with van der Waals surface area (Å²) in [5.74, 6) is 0. The van der Waals surface area contributed by atoms with Crippen LogP contribution in [0.4, 0.5) is 0 Å². The van der Waals surface area contributed by atoms with Crippen molar-refractivity contribution in [3.8, 4) is 5.69 Å². The quantitative estimate of drug-likeness (QED) is 0.619. The van der Waals surface area contributed by atoms with Gasteiger partial charge in [0.2, 0.25) is 0 Å². The molecule has 0 aliphatic rings. The molecule has 0 aliphatic carbocycles. The van der Waals surface area contributed by atoms with Crippen LogP contribution in [-0.4, -0.2) is 19.2 Å². The minimum Gasteiger partial charge on any atom is -0.304 e. The molecule has 4 heteroatoms. The zero-order valence-electron chi connectivity index (χ0n) is 9.25. The maximum atomic E-state index is 4.34. The third-order valence-electron chi connectivity index (χ3n) is 2.76. The summed E-state index contributed by atoms with van der Waals surface area (Å²) in [5.41, 5.74) is 4.25. The first-order valence-electron chi connectivity index (χ1n) is 5.20. The Morgan fingerprint density at radius 1 is 1.12 bits per heavy atom. The van der Waals surface area contributed by atoms with E-state index in [9.17, 15) is 0 Å². The number of aromatic nitrogens is 4. The molecular weight excluding hydrogens is 200 g/mol. The highest BCUT2D eigenvalue weighted by Gasteiger charge is 2.03. The summed E-state index contributed by atoms with van der Waals surface area (Å²) in [4.78, 5) is 4.34. The van der Waals surface area contributed by atoms with Crippen molar-refractivity contribution < 1.29 is 0 Å². The second-order valence-electron chi connectivity index (χ2n) is 3.90. The van der Waals surface area contributed by atoms with E-state index in [-0.39, 0.29) is 0 Å². The van der Waals surface area contributed by atoms with E-state index in [1.807, 2.05) is 49.1 Å². The molecule has 0 spiro atoms. The van der Waals surface area contributed by atoms with Crippen LogP contribution in [0.25, 0.3) is 11.3 Å². The standard InChI is InChI=1S/C12H12N4/c1-9-3-5-14-16(9)11-4-6-15-10(2)8-13-12(15)7-11/h3-8H,1-2H3. The van der Waals surface area contributed by atoms with Gasteiger partial charge in [-0.1, -0.05) is 0 Å². The molecule has 0 atom stereocenters. The van der Waals surface area contributed by atoms with Crippen molar-refractivity contribution in [2.45, 2.75) is 13.8 Å². The smallest absolute Gasteiger partial charge is 0.139 e. The molecule has 0 aromatic carbocycles. The monoisotopic (exact) mass is 212 g/mol. The third-order valence-corrected chi connectivity index (χ3v) is 2.76. The summed E-state index contributed by atoms with van der Waals surface area (Å²) in [6.07, 6.45) is 5.69. The lowest BCUT2D eigenvalue weighted by Crippen LogP contribution is -1.99. The SMILES string of the molecule is Cc1ccnn1-c1ccn2c(C)cnc2c1. The average Bonchev–Trinajstić information content (AvgIpc) is 2.86. The van der Waals surface area contributed by atoms with E-state index in [1.54, 1.807) is 6.20 Å². The van der Waals surface area contributed by atoms with E-state index < -0.39 is 0 Å². The predicted octanol–water partition coefficient (Wildman–Crippen LogP) is 2.14. The number of hydrogen-bond donors (Lipinski definition) is 0. The second kappa shape index (κ2) is 3.20. The molecule has 4 nitrogen and oxygen atoms in total. The van der Waals surface area contributed by atoms with Gasteiger partial charge in [-0.25, -0.2) is 9.67 Å². The molecule has 3 heterocycles. The number of aryl methyl sites for hydroxylation is 2. The van der Waals surface area contributed by atoms with Crippen LogP contribution in [0.2, 0.25) is 0 Å². The van der Waals surface area contributed by atoms with Gasteiger partial charge in [0.1, 0.15) is 5.65 Å². The highest BCUT2D eigenvalue weighted by atomic mass is 15.3. The summed E-state index contributed by atoms with van der Waals surface area (Å²) in [6, 6.07) is 6.07. The Hall–Kier alpha value is -2.10. The van der Waals surface area contributed by atoms with Crippen molar-refractivity contribution in [3.05, 3.63) is 48.2 Å². The Morgan fingerprint density at radius 2 is 2.00 bits per heavy atom. The molecule has 3 rings (SSSR count). The van der Waals surface area contributed by atoms with Gasteiger partial charge in [-0.3, -0.25) is 0 Å². The van der Waals surface area contributed by atoms with E-state index in [0.29, 0.717) is 0 Å². The van der Waals surface area contributed by atoms with E-state index in [4.69, 9.17) is 0 Å². The molecule has 0 saturated carbocycles. The van der Waals surface area contributed by atoms with E-state index >= 15 is 0 Å². The molecule has 80 valence electrons. The van der Waals surface area contributed by atoms with Crippen molar-refractivity contribution >= 4 is 5.65 Å². The van der Waals surface area contributed by atoms with Crippen molar-refractivity contribution in [1.82, 2.24) is 19.2 Å². The highest BCUT2D eigenvalue weighted by Crippen LogP contribution is 2.13. The van der Waals surface area contributed by atoms with Crippen LogP contribution in [0, 0.1) is 13.8 Å². The van der Waals surface area contributed by atoms with E-state index in [0.717, 1.165) is 22.7 Å². The molecule has 0 fully saturated rings. The summed E-state index contributed by atoms with van der Waals surface area (Å²) >= 11 is 0. The number of fused-ring (bicyclic) bond motifs is 1. The first-order chi connectivity index (χ1) is 7.75. The number of pyridine rings is 1. The van der Waals surface area contributed by atoms with Crippen LogP contribution >= 0.6 is 0 Å². The average molecular weight is 212 g/mol. The largest absolute Gasteiger partial charge is 0.304 e. The van der Waals surface area contributed by atoms with Gasteiger partial charge in [-0.2, -0.15) is 5.10 Å². The second-order valence-corrected chi connectivity index (χ2v) is 3.90. The number of imidazole rings is 1. The lowest BCUT2D eigenvalue weighted by molar-refractivity contribution is 0.844. The molecule has 0 bridgehead atoms. The first-order valence-corrected chi connectivity index (χ1v) is 5.20. The molecule has 0 radical (unpaired) electrons.